The van der Waals surface area contributed by atoms with Crippen LogP contribution in [0.15, 0.2) is 40.9 Å². The summed E-state index contributed by atoms with van der Waals surface area (Å²) in [7, 11) is 0. The summed E-state index contributed by atoms with van der Waals surface area (Å²) >= 11 is 9.83. The van der Waals surface area contributed by atoms with Gasteiger partial charge in [0.1, 0.15) is 6.61 Å². The number of nitrogens with one attached hydrogen (secondary N) is 2. The highest BCUT2D eigenvalue weighted by atomic mass is 79.9. The van der Waals surface area contributed by atoms with Gasteiger partial charge in [0.05, 0.1) is 17.7 Å². The lowest BCUT2D eigenvalue weighted by atomic mass is 10.2. The van der Waals surface area contributed by atoms with Crippen LogP contribution in [-0.4, -0.2) is 38.0 Å². The molecule has 0 aliphatic carbocycles. The first kappa shape index (κ1) is 23.0. The van der Waals surface area contributed by atoms with E-state index >= 15 is 0 Å². The van der Waals surface area contributed by atoms with Gasteiger partial charge < -0.3 is 25.2 Å². The minimum Gasteiger partial charge on any atom is -0.490 e. The van der Waals surface area contributed by atoms with Gasteiger partial charge in [0, 0.05) is 23.7 Å². The average Bonchev–Trinajstić information content (AvgIpc) is 2.68. The van der Waals surface area contributed by atoms with Crippen LogP contribution in [0.4, 0.5) is 0 Å². The zero-order chi connectivity index (χ0) is 20.2. The number of ether oxygens (including phenoxy) is 2. The van der Waals surface area contributed by atoms with Crippen LogP contribution in [0, 0.1) is 0 Å². The van der Waals surface area contributed by atoms with E-state index in [0.717, 1.165) is 41.7 Å². The first-order valence-electron chi connectivity index (χ1n) is 9.49. The van der Waals surface area contributed by atoms with Crippen molar-refractivity contribution < 1.29 is 14.6 Å². The van der Waals surface area contributed by atoms with E-state index in [4.69, 9.17) is 26.2 Å². The maximum absolute atomic E-state index is 8.74. The monoisotopic (exact) mass is 470 g/mol. The molecule has 5 nitrogen and oxygen atoms in total. The van der Waals surface area contributed by atoms with Crippen molar-refractivity contribution >= 4 is 27.5 Å². The molecule has 0 spiro atoms. The second-order valence-corrected chi connectivity index (χ2v) is 7.48. The molecule has 0 saturated carbocycles. The van der Waals surface area contributed by atoms with Crippen LogP contribution < -0.4 is 20.1 Å². The minimum absolute atomic E-state index is 0.173. The van der Waals surface area contributed by atoms with Gasteiger partial charge in [-0.3, -0.25) is 0 Å². The Hall–Kier alpha value is -1.31. The molecule has 2 aromatic rings. The number of aliphatic hydroxyl groups is 1. The van der Waals surface area contributed by atoms with Crippen molar-refractivity contribution in [1.82, 2.24) is 10.6 Å². The van der Waals surface area contributed by atoms with Crippen LogP contribution in [0.5, 0.6) is 11.5 Å². The lowest BCUT2D eigenvalue weighted by Gasteiger charge is -2.16. The number of hydrogen-bond acceptors (Lipinski definition) is 5. The molecular formula is C21H28BrClN2O3. The van der Waals surface area contributed by atoms with Gasteiger partial charge in [0.25, 0.3) is 0 Å². The summed E-state index contributed by atoms with van der Waals surface area (Å²) in [5.74, 6) is 1.39. The maximum Gasteiger partial charge on any atom is 0.175 e. The van der Waals surface area contributed by atoms with Crippen LogP contribution in [-0.2, 0) is 13.2 Å². The molecule has 0 unspecified atom stereocenters. The van der Waals surface area contributed by atoms with Crippen LogP contribution >= 0.6 is 27.5 Å². The normalized spacial score (nSPS) is 10.9. The van der Waals surface area contributed by atoms with E-state index < -0.39 is 0 Å². The molecule has 0 amide bonds. The van der Waals surface area contributed by atoms with Crippen molar-refractivity contribution in [3.8, 4) is 11.5 Å². The van der Waals surface area contributed by atoms with Gasteiger partial charge in [-0.2, -0.15) is 0 Å². The fraction of sp³-hybridized carbons (Fsp3) is 0.429. The molecule has 3 N–H and O–H groups in total. The van der Waals surface area contributed by atoms with Crippen molar-refractivity contribution in [3.63, 3.8) is 0 Å². The molecule has 0 aliphatic heterocycles. The second kappa shape index (κ2) is 13.0. The highest BCUT2D eigenvalue weighted by molar-refractivity contribution is 9.10. The zero-order valence-electron chi connectivity index (χ0n) is 16.1. The Morgan fingerprint density at radius 2 is 1.86 bits per heavy atom. The van der Waals surface area contributed by atoms with E-state index in [1.165, 1.54) is 0 Å². The Bertz CT molecular complexity index is 731. The molecular weight excluding hydrogens is 444 g/mol. The zero-order valence-corrected chi connectivity index (χ0v) is 18.5. The number of hydrogen-bond donors (Lipinski definition) is 3. The Labute approximate surface area is 180 Å². The predicted molar refractivity (Wildman–Crippen MR) is 117 cm³/mol. The van der Waals surface area contributed by atoms with Crippen LogP contribution in [0.1, 0.15) is 24.5 Å². The van der Waals surface area contributed by atoms with E-state index in [9.17, 15) is 0 Å². The number of rotatable bonds is 13. The van der Waals surface area contributed by atoms with Gasteiger partial charge in [-0.05, 0) is 66.1 Å². The van der Waals surface area contributed by atoms with Gasteiger partial charge >= 0.3 is 0 Å². The summed E-state index contributed by atoms with van der Waals surface area (Å²) < 4.78 is 12.7. The lowest BCUT2D eigenvalue weighted by Crippen LogP contribution is -2.23. The maximum atomic E-state index is 8.74. The highest BCUT2D eigenvalue weighted by Crippen LogP contribution is 2.37. The second-order valence-electron chi connectivity index (χ2n) is 6.22. The largest absolute Gasteiger partial charge is 0.490 e. The van der Waals surface area contributed by atoms with Crippen molar-refractivity contribution in [1.29, 1.82) is 0 Å². The van der Waals surface area contributed by atoms with E-state index in [2.05, 4.69) is 26.6 Å². The molecule has 28 heavy (non-hydrogen) atoms. The first-order chi connectivity index (χ1) is 13.7. The molecule has 0 radical (unpaired) electrons. The molecule has 0 aromatic heterocycles. The first-order valence-corrected chi connectivity index (χ1v) is 10.7. The summed E-state index contributed by atoms with van der Waals surface area (Å²) in [5.41, 5.74) is 2.04. The summed E-state index contributed by atoms with van der Waals surface area (Å²) in [6, 6.07) is 11.7. The van der Waals surface area contributed by atoms with Gasteiger partial charge in [-0.25, -0.2) is 0 Å². The molecule has 0 fully saturated rings. The summed E-state index contributed by atoms with van der Waals surface area (Å²) in [6.45, 7) is 6.21. The van der Waals surface area contributed by atoms with Gasteiger partial charge in [-0.1, -0.05) is 29.8 Å². The Morgan fingerprint density at radius 3 is 2.61 bits per heavy atom. The molecule has 0 atom stereocenters. The fourth-order valence-corrected chi connectivity index (χ4v) is 3.46. The van der Waals surface area contributed by atoms with Crippen molar-refractivity contribution in [2.75, 3.05) is 32.8 Å². The van der Waals surface area contributed by atoms with Crippen molar-refractivity contribution in [2.45, 2.75) is 26.5 Å². The van der Waals surface area contributed by atoms with Crippen LogP contribution in [0.2, 0.25) is 5.02 Å². The Balaban J connectivity index is 1.95. The summed E-state index contributed by atoms with van der Waals surface area (Å²) in [4.78, 5) is 0. The van der Waals surface area contributed by atoms with Gasteiger partial charge in [-0.15, -0.1) is 0 Å². The molecule has 7 heteroatoms. The topological polar surface area (TPSA) is 62.8 Å². The van der Waals surface area contributed by atoms with Crippen molar-refractivity contribution in [2.24, 2.45) is 0 Å². The van der Waals surface area contributed by atoms with Crippen molar-refractivity contribution in [3.05, 3.63) is 57.0 Å². The molecule has 2 aromatic carbocycles. The Morgan fingerprint density at radius 1 is 1.07 bits per heavy atom. The number of aliphatic hydroxyl groups excluding tert-OH is 1. The molecule has 2 rings (SSSR count). The molecule has 0 bridgehead atoms. The van der Waals surface area contributed by atoms with Gasteiger partial charge in [0.2, 0.25) is 0 Å². The van der Waals surface area contributed by atoms with E-state index in [1.807, 2.05) is 43.3 Å². The van der Waals surface area contributed by atoms with E-state index in [1.54, 1.807) is 0 Å². The summed E-state index contributed by atoms with van der Waals surface area (Å²) in [5, 5.41) is 16.0. The minimum atomic E-state index is 0.173. The molecule has 154 valence electrons. The fourth-order valence-electron chi connectivity index (χ4n) is 2.67. The lowest BCUT2D eigenvalue weighted by molar-refractivity contribution is 0.267. The molecule has 0 aliphatic rings. The number of halogens is 2. The third kappa shape index (κ3) is 7.60. The molecule has 0 saturated heterocycles. The SMILES string of the molecule is CCOc1cc(CNCCCNCCO)cc(Br)c1OCc1ccccc1Cl. The molecule has 0 heterocycles. The number of benzene rings is 2. The van der Waals surface area contributed by atoms with Crippen LogP contribution in [0.25, 0.3) is 0 Å². The third-order valence-electron chi connectivity index (χ3n) is 4.02. The average molecular weight is 472 g/mol. The van der Waals surface area contributed by atoms with Crippen LogP contribution in [0.3, 0.4) is 0 Å². The smallest absolute Gasteiger partial charge is 0.175 e. The van der Waals surface area contributed by atoms with Gasteiger partial charge in [0.15, 0.2) is 11.5 Å². The van der Waals surface area contributed by atoms with E-state index in [0.29, 0.717) is 36.3 Å². The predicted octanol–water partition coefficient (Wildman–Crippen LogP) is 4.14. The summed E-state index contributed by atoms with van der Waals surface area (Å²) in [6.07, 6.45) is 0.999. The standard InChI is InChI=1S/C21H28BrClN2O3/c1-2-27-20-13-16(14-25-9-5-8-24-10-11-26)12-18(22)21(20)28-15-17-6-3-4-7-19(17)23/h3-4,6-7,12-13,24-26H,2,5,8-11,14-15H2,1H3. The highest BCUT2D eigenvalue weighted by Gasteiger charge is 2.13. The third-order valence-corrected chi connectivity index (χ3v) is 4.98. The van der Waals surface area contributed by atoms with E-state index in [-0.39, 0.29) is 6.61 Å². The quantitative estimate of drug-likeness (QED) is 0.383. The Kier molecular flexibility index (Phi) is 10.7.